The number of rotatable bonds is 10. The number of hydrogen-bond donors (Lipinski definition) is 3. The predicted octanol–water partition coefficient (Wildman–Crippen LogP) is 4.40. The number of ether oxygens (including phenoxy) is 3. The van der Waals surface area contributed by atoms with Gasteiger partial charge in [-0.2, -0.15) is 13.2 Å². The Kier molecular flexibility index (Phi) is 8.19. The molecule has 234 valence electrons. The lowest BCUT2D eigenvalue weighted by Gasteiger charge is -2.31. The van der Waals surface area contributed by atoms with Gasteiger partial charge in [-0.05, 0) is 75.2 Å². The van der Waals surface area contributed by atoms with Gasteiger partial charge in [-0.3, -0.25) is 9.59 Å². The fourth-order valence-corrected chi connectivity index (χ4v) is 4.86. The Morgan fingerprint density at radius 3 is 2.41 bits per heavy atom. The molecule has 0 saturated heterocycles. The minimum atomic E-state index is -5.33. The first kappa shape index (κ1) is 31.0. The molecule has 3 N–H and O–H groups in total. The monoisotopic (exact) mass is 617 g/mol. The van der Waals surface area contributed by atoms with E-state index in [0.717, 1.165) is 31.0 Å². The number of amides is 2. The van der Waals surface area contributed by atoms with Gasteiger partial charge >= 0.3 is 6.18 Å². The van der Waals surface area contributed by atoms with E-state index < -0.39 is 47.1 Å². The summed E-state index contributed by atoms with van der Waals surface area (Å²) < 4.78 is 74.7. The van der Waals surface area contributed by atoms with Crippen molar-refractivity contribution in [3.63, 3.8) is 0 Å². The van der Waals surface area contributed by atoms with Gasteiger partial charge in [-0.25, -0.2) is 9.37 Å². The number of methoxy groups -OCH3 is 1. The van der Waals surface area contributed by atoms with Crippen molar-refractivity contribution in [2.75, 3.05) is 26.8 Å². The molecular weight excluding hydrogens is 586 g/mol. The molecular formula is C31H31F4N3O6. The molecule has 1 unspecified atom stereocenters. The van der Waals surface area contributed by atoms with Gasteiger partial charge in [0.25, 0.3) is 5.91 Å². The van der Waals surface area contributed by atoms with Crippen LogP contribution >= 0.6 is 0 Å². The van der Waals surface area contributed by atoms with Gasteiger partial charge in [0.1, 0.15) is 29.3 Å². The zero-order valence-electron chi connectivity index (χ0n) is 24.2. The van der Waals surface area contributed by atoms with E-state index in [4.69, 9.17) is 14.2 Å². The SMILES string of the molecule is CCNC(=O)[C@@]1(C)COc2c1cc(C(O)(CNC(=O)c1ccc(OC3CC3)c(OC)c1)C(F)(F)F)nc2-c1ccc(F)cc1. The van der Waals surface area contributed by atoms with Gasteiger partial charge in [-0.1, -0.05) is 0 Å². The van der Waals surface area contributed by atoms with Crippen molar-refractivity contribution in [1.29, 1.82) is 0 Å². The van der Waals surface area contributed by atoms with Crippen LogP contribution in [-0.4, -0.2) is 61.0 Å². The van der Waals surface area contributed by atoms with Crippen LogP contribution in [0.25, 0.3) is 11.3 Å². The summed E-state index contributed by atoms with van der Waals surface area (Å²) in [5.41, 5.74) is -5.92. The Labute approximate surface area is 250 Å². The van der Waals surface area contributed by atoms with Crippen LogP contribution in [0.3, 0.4) is 0 Å². The van der Waals surface area contributed by atoms with Gasteiger partial charge in [0.05, 0.1) is 25.5 Å². The van der Waals surface area contributed by atoms with Gasteiger partial charge in [-0.15, -0.1) is 0 Å². The first-order valence-electron chi connectivity index (χ1n) is 14.0. The number of halogens is 4. The van der Waals surface area contributed by atoms with Gasteiger partial charge in [0.2, 0.25) is 11.5 Å². The van der Waals surface area contributed by atoms with Crippen molar-refractivity contribution in [1.82, 2.24) is 15.6 Å². The number of pyridine rings is 1. The number of carbonyl (C=O) groups excluding carboxylic acids is 2. The predicted molar refractivity (Wildman–Crippen MR) is 150 cm³/mol. The standard InChI is InChI=1S/C31H31F4N3O6/c1-4-36-28(40)29(2)16-43-26-21(29)14-24(38-25(26)17-5-8-19(32)9-6-17)30(41,31(33,34)35)15-37-27(39)18-7-12-22(23(13-18)42-3)44-20-10-11-20/h5-9,12-14,20,41H,4,10-11,15-16H2,1-3H3,(H,36,40)(H,37,39)/t29-,30?/m0/s1. The Bertz CT molecular complexity index is 1580. The Morgan fingerprint density at radius 2 is 1.80 bits per heavy atom. The zero-order chi connectivity index (χ0) is 31.9. The quantitative estimate of drug-likeness (QED) is 0.289. The molecule has 1 fully saturated rings. The summed E-state index contributed by atoms with van der Waals surface area (Å²) >= 11 is 0. The number of benzene rings is 2. The maximum absolute atomic E-state index is 14.7. The van der Waals surface area contributed by atoms with E-state index in [2.05, 4.69) is 15.6 Å². The summed E-state index contributed by atoms with van der Waals surface area (Å²) in [6, 6.07) is 9.95. The largest absolute Gasteiger partial charge is 0.493 e. The van der Waals surface area contributed by atoms with Gasteiger partial charge in [0, 0.05) is 23.2 Å². The number of aliphatic hydroxyl groups is 1. The third kappa shape index (κ3) is 5.75. The molecule has 1 saturated carbocycles. The number of nitrogens with one attached hydrogen (secondary N) is 2. The Morgan fingerprint density at radius 1 is 1.09 bits per heavy atom. The maximum atomic E-state index is 14.7. The molecule has 44 heavy (non-hydrogen) atoms. The minimum Gasteiger partial charge on any atom is -0.493 e. The molecule has 13 heteroatoms. The highest BCUT2D eigenvalue weighted by atomic mass is 19.4. The number of aromatic nitrogens is 1. The molecule has 2 aromatic carbocycles. The molecule has 1 aromatic heterocycles. The Hall–Kier alpha value is -4.39. The fourth-order valence-electron chi connectivity index (χ4n) is 4.86. The molecule has 9 nitrogen and oxygen atoms in total. The second-order valence-corrected chi connectivity index (χ2v) is 10.9. The van der Waals surface area contributed by atoms with E-state index in [1.807, 2.05) is 0 Å². The average Bonchev–Trinajstić information content (AvgIpc) is 3.75. The molecule has 0 spiro atoms. The van der Waals surface area contributed by atoms with Gasteiger partial charge < -0.3 is 30.0 Å². The number of nitrogens with zero attached hydrogens (tertiary/aromatic N) is 1. The number of hydrogen-bond acceptors (Lipinski definition) is 7. The smallest absolute Gasteiger partial charge is 0.424 e. The molecule has 2 atom stereocenters. The second kappa shape index (κ2) is 11.6. The lowest BCUT2D eigenvalue weighted by molar-refractivity contribution is -0.265. The Balaban J connectivity index is 1.54. The zero-order valence-corrected chi connectivity index (χ0v) is 24.2. The summed E-state index contributed by atoms with van der Waals surface area (Å²) in [7, 11) is 1.37. The van der Waals surface area contributed by atoms with Crippen molar-refractivity contribution in [3.05, 3.63) is 71.2 Å². The third-order valence-corrected chi connectivity index (χ3v) is 7.67. The summed E-state index contributed by atoms with van der Waals surface area (Å²) in [4.78, 5) is 30.2. The summed E-state index contributed by atoms with van der Waals surface area (Å²) in [5.74, 6) is -1.36. The second-order valence-electron chi connectivity index (χ2n) is 10.9. The van der Waals surface area contributed by atoms with E-state index in [0.29, 0.717) is 5.75 Å². The minimum absolute atomic E-state index is 0.0272. The molecule has 1 aliphatic carbocycles. The van der Waals surface area contributed by atoms with Crippen LogP contribution in [0.5, 0.6) is 17.2 Å². The van der Waals surface area contributed by atoms with Crippen LogP contribution in [0.15, 0.2) is 48.5 Å². The van der Waals surface area contributed by atoms with Crippen molar-refractivity contribution in [2.45, 2.75) is 50.0 Å². The third-order valence-electron chi connectivity index (χ3n) is 7.67. The van der Waals surface area contributed by atoms with Crippen LogP contribution in [-0.2, 0) is 15.8 Å². The maximum Gasteiger partial charge on any atom is 0.424 e. The van der Waals surface area contributed by atoms with E-state index in [1.54, 1.807) is 6.92 Å². The lowest BCUT2D eigenvalue weighted by atomic mass is 9.81. The summed E-state index contributed by atoms with van der Waals surface area (Å²) in [6.45, 7) is 1.92. The van der Waals surface area contributed by atoms with Crippen LogP contribution in [0.4, 0.5) is 17.6 Å². The van der Waals surface area contributed by atoms with E-state index >= 15 is 0 Å². The van der Waals surface area contributed by atoms with E-state index in [9.17, 15) is 32.3 Å². The molecule has 2 aliphatic rings. The van der Waals surface area contributed by atoms with Crippen LogP contribution in [0.1, 0.15) is 48.3 Å². The fraction of sp³-hybridized carbons (Fsp3) is 0.387. The van der Waals surface area contributed by atoms with Crippen molar-refractivity contribution < 1.29 is 46.5 Å². The highest BCUT2D eigenvalue weighted by Crippen LogP contribution is 2.48. The summed E-state index contributed by atoms with van der Waals surface area (Å²) in [6.07, 6.45) is -3.52. The normalized spacial score (nSPS) is 18.9. The van der Waals surface area contributed by atoms with E-state index in [-0.39, 0.29) is 53.1 Å². The lowest BCUT2D eigenvalue weighted by Crippen LogP contribution is -2.52. The molecule has 5 rings (SSSR count). The highest BCUT2D eigenvalue weighted by molar-refractivity contribution is 5.95. The number of fused-ring (bicyclic) bond motifs is 1. The molecule has 2 amide bonds. The topological polar surface area (TPSA) is 119 Å². The number of likely N-dealkylation sites (N-methyl/N-ethyl adjacent to an activating group) is 1. The molecule has 3 aromatic rings. The van der Waals surface area contributed by atoms with Crippen molar-refractivity contribution >= 4 is 11.8 Å². The first-order chi connectivity index (χ1) is 20.8. The van der Waals surface area contributed by atoms with Crippen LogP contribution < -0.4 is 24.8 Å². The van der Waals surface area contributed by atoms with E-state index in [1.165, 1.54) is 44.4 Å². The van der Waals surface area contributed by atoms with Crippen molar-refractivity contribution in [2.24, 2.45) is 0 Å². The summed E-state index contributed by atoms with van der Waals surface area (Å²) in [5, 5.41) is 16.1. The molecule has 0 radical (unpaired) electrons. The average molecular weight is 618 g/mol. The number of alkyl halides is 3. The number of carbonyl (C=O) groups is 2. The highest BCUT2D eigenvalue weighted by Gasteiger charge is 2.58. The van der Waals surface area contributed by atoms with Crippen LogP contribution in [0, 0.1) is 5.82 Å². The molecule has 1 aliphatic heterocycles. The molecule has 2 heterocycles. The van der Waals surface area contributed by atoms with Crippen LogP contribution in [0.2, 0.25) is 0 Å². The molecule has 0 bridgehead atoms. The van der Waals surface area contributed by atoms with Gasteiger partial charge in [0.15, 0.2) is 11.5 Å². The van der Waals surface area contributed by atoms with Crippen molar-refractivity contribution in [3.8, 4) is 28.5 Å². The first-order valence-corrected chi connectivity index (χ1v) is 14.0.